The number of benzene rings is 3. The van der Waals surface area contributed by atoms with Crippen LogP contribution in [-0.2, 0) is 5.54 Å². The molecule has 4 rings (SSSR count). The van der Waals surface area contributed by atoms with Gasteiger partial charge in [0, 0.05) is 19.7 Å². The minimum atomic E-state index is -0.410. The van der Waals surface area contributed by atoms with E-state index < -0.39 is 5.54 Å². The summed E-state index contributed by atoms with van der Waals surface area (Å²) in [5, 5.41) is 13.2. The highest BCUT2D eigenvalue weighted by Gasteiger charge is 2.46. The number of aliphatic hydroxyl groups is 1. The van der Waals surface area contributed by atoms with Crippen molar-refractivity contribution in [3.63, 3.8) is 0 Å². The third-order valence-corrected chi connectivity index (χ3v) is 5.52. The maximum atomic E-state index is 9.66. The average Bonchev–Trinajstić information content (AvgIpc) is 3.20. The lowest BCUT2D eigenvalue weighted by Gasteiger charge is -2.46. The van der Waals surface area contributed by atoms with Crippen LogP contribution in [0.25, 0.3) is 0 Å². The lowest BCUT2D eigenvalue weighted by atomic mass is 9.75. The van der Waals surface area contributed by atoms with Crippen LogP contribution in [0.1, 0.15) is 23.1 Å². The van der Waals surface area contributed by atoms with Crippen molar-refractivity contribution in [1.29, 1.82) is 0 Å². The Labute approximate surface area is 161 Å². The molecule has 0 bridgehead atoms. The van der Waals surface area contributed by atoms with Crippen molar-refractivity contribution in [3.8, 4) is 0 Å². The fourth-order valence-electron chi connectivity index (χ4n) is 4.43. The van der Waals surface area contributed by atoms with E-state index in [1.165, 1.54) is 16.7 Å². The summed E-state index contributed by atoms with van der Waals surface area (Å²) in [6.07, 6.45) is 0.824. The Balaban J connectivity index is 2.01. The maximum absolute atomic E-state index is 9.66. The molecule has 0 amide bonds. The molecule has 0 unspecified atom stereocenters. The van der Waals surface area contributed by atoms with Crippen LogP contribution >= 0.6 is 0 Å². The molecule has 1 aliphatic rings. The summed E-state index contributed by atoms with van der Waals surface area (Å²) in [5.74, 6) is 0. The van der Waals surface area contributed by atoms with Gasteiger partial charge in [0.05, 0.1) is 11.7 Å². The van der Waals surface area contributed by atoms with E-state index in [1.54, 1.807) is 0 Å². The molecular weight excluding hydrogens is 332 g/mol. The Morgan fingerprint density at radius 3 is 1.63 bits per heavy atom. The summed E-state index contributed by atoms with van der Waals surface area (Å²) in [6, 6.07) is 32.2. The molecule has 1 aliphatic heterocycles. The molecule has 0 radical (unpaired) electrons. The quantitative estimate of drug-likeness (QED) is 0.661. The molecular formula is C24H26N2O. The molecule has 0 spiro atoms. The highest BCUT2D eigenvalue weighted by Crippen LogP contribution is 2.44. The summed E-state index contributed by atoms with van der Waals surface area (Å²) < 4.78 is 0. The first-order valence-electron chi connectivity index (χ1n) is 9.65. The van der Waals surface area contributed by atoms with Gasteiger partial charge in [0.2, 0.25) is 0 Å². The molecule has 3 heteroatoms. The van der Waals surface area contributed by atoms with Crippen LogP contribution in [0.4, 0.5) is 0 Å². The second kappa shape index (κ2) is 8.05. The predicted octanol–water partition coefficient (Wildman–Crippen LogP) is 3.59. The van der Waals surface area contributed by atoms with Gasteiger partial charge in [-0.25, -0.2) is 0 Å². The van der Waals surface area contributed by atoms with Crippen molar-refractivity contribution in [2.75, 3.05) is 19.7 Å². The maximum Gasteiger partial charge on any atom is 0.0985 e. The van der Waals surface area contributed by atoms with E-state index in [1.807, 2.05) is 0 Å². The Bertz CT molecular complexity index is 739. The van der Waals surface area contributed by atoms with Crippen LogP contribution < -0.4 is 5.32 Å². The van der Waals surface area contributed by atoms with Crippen molar-refractivity contribution in [2.24, 2.45) is 0 Å². The van der Waals surface area contributed by atoms with Crippen LogP contribution in [0.3, 0.4) is 0 Å². The van der Waals surface area contributed by atoms with Crippen molar-refractivity contribution in [2.45, 2.75) is 18.1 Å². The van der Waals surface area contributed by atoms with E-state index in [2.05, 4.69) is 101 Å². The Morgan fingerprint density at radius 1 is 0.778 bits per heavy atom. The number of rotatable bonds is 6. The zero-order chi connectivity index (χ0) is 18.5. The molecule has 1 fully saturated rings. The van der Waals surface area contributed by atoms with E-state index in [0.717, 1.165) is 13.1 Å². The Morgan fingerprint density at radius 2 is 1.22 bits per heavy atom. The summed E-state index contributed by atoms with van der Waals surface area (Å²) in [6.45, 7) is 2.00. The van der Waals surface area contributed by atoms with Crippen LogP contribution in [0.15, 0.2) is 91.0 Å². The first kappa shape index (κ1) is 17.9. The fraction of sp³-hybridized carbons (Fsp3) is 0.250. The molecule has 1 heterocycles. The molecule has 0 aromatic heterocycles. The second-order valence-corrected chi connectivity index (χ2v) is 6.98. The smallest absolute Gasteiger partial charge is 0.0985 e. The standard InChI is InChI=1S/C24H26N2O/c27-19-16-23-25-17-18-26(23)24(20-10-4-1-5-11-20,21-12-6-2-7-13-21)22-14-8-3-9-15-22/h1-15,23,25,27H,16-19H2/t23-/m0/s1. The zero-order valence-electron chi connectivity index (χ0n) is 15.5. The minimum Gasteiger partial charge on any atom is -0.396 e. The minimum absolute atomic E-state index is 0.121. The molecule has 0 aliphatic carbocycles. The third-order valence-electron chi connectivity index (χ3n) is 5.52. The fourth-order valence-corrected chi connectivity index (χ4v) is 4.43. The Kier molecular flexibility index (Phi) is 5.35. The molecule has 2 N–H and O–H groups in total. The largest absolute Gasteiger partial charge is 0.396 e. The van der Waals surface area contributed by atoms with Crippen LogP contribution in [0.2, 0.25) is 0 Å². The topological polar surface area (TPSA) is 35.5 Å². The number of hydrogen-bond donors (Lipinski definition) is 2. The first-order chi connectivity index (χ1) is 13.4. The number of nitrogens with zero attached hydrogens (tertiary/aromatic N) is 1. The van der Waals surface area contributed by atoms with Crippen LogP contribution in [0.5, 0.6) is 0 Å². The molecule has 1 atom stereocenters. The van der Waals surface area contributed by atoms with Crippen LogP contribution in [0, 0.1) is 0 Å². The van der Waals surface area contributed by atoms with Crippen molar-refractivity contribution >= 4 is 0 Å². The van der Waals surface area contributed by atoms with Gasteiger partial charge >= 0.3 is 0 Å². The SMILES string of the molecule is OCC[C@H]1NCCN1C(c1ccccc1)(c1ccccc1)c1ccccc1. The van der Waals surface area contributed by atoms with Crippen molar-refractivity contribution in [3.05, 3.63) is 108 Å². The number of aliphatic hydroxyl groups excluding tert-OH is 1. The average molecular weight is 358 g/mol. The van der Waals surface area contributed by atoms with Gasteiger partial charge in [0.25, 0.3) is 0 Å². The van der Waals surface area contributed by atoms with Gasteiger partial charge in [-0.05, 0) is 23.1 Å². The van der Waals surface area contributed by atoms with Crippen molar-refractivity contribution < 1.29 is 5.11 Å². The van der Waals surface area contributed by atoms with E-state index in [4.69, 9.17) is 0 Å². The molecule has 3 aromatic rings. The van der Waals surface area contributed by atoms with Crippen LogP contribution in [-0.4, -0.2) is 35.9 Å². The molecule has 27 heavy (non-hydrogen) atoms. The summed E-state index contributed by atoms with van der Waals surface area (Å²) >= 11 is 0. The summed E-state index contributed by atoms with van der Waals surface area (Å²) in [5.41, 5.74) is 3.32. The monoisotopic (exact) mass is 358 g/mol. The highest BCUT2D eigenvalue weighted by molar-refractivity contribution is 5.50. The number of nitrogens with one attached hydrogen (secondary N) is 1. The van der Waals surface area contributed by atoms with E-state index in [-0.39, 0.29) is 12.8 Å². The van der Waals surface area contributed by atoms with Gasteiger partial charge in [-0.1, -0.05) is 91.0 Å². The molecule has 3 aromatic carbocycles. The zero-order valence-corrected chi connectivity index (χ0v) is 15.5. The van der Waals surface area contributed by atoms with Gasteiger partial charge in [-0.3, -0.25) is 4.90 Å². The molecule has 0 saturated carbocycles. The Hall–Kier alpha value is -2.46. The van der Waals surface area contributed by atoms with Gasteiger partial charge in [0.15, 0.2) is 0 Å². The summed E-state index contributed by atoms with van der Waals surface area (Å²) in [4.78, 5) is 2.52. The van der Waals surface area contributed by atoms with Gasteiger partial charge in [-0.2, -0.15) is 0 Å². The molecule has 138 valence electrons. The lowest BCUT2D eigenvalue weighted by Crippen LogP contribution is -2.52. The van der Waals surface area contributed by atoms with E-state index in [9.17, 15) is 5.11 Å². The van der Waals surface area contributed by atoms with E-state index >= 15 is 0 Å². The number of hydrogen-bond acceptors (Lipinski definition) is 3. The molecule has 1 saturated heterocycles. The van der Waals surface area contributed by atoms with Gasteiger partial charge in [0.1, 0.15) is 0 Å². The van der Waals surface area contributed by atoms with E-state index in [0.29, 0.717) is 6.42 Å². The highest BCUT2D eigenvalue weighted by atomic mass is 16.3. The van der Waals surface area contributed by atoms with Gasteiger partial charge < -0.3 is 10.4 Å². The van der Waals surface area contributed by atoms with Crippen molar-refractivity contribution in [1.82, 2.24) is 10.2 Å². The molecule has 3 nitrogen and oxygen atoms in total. The first-order valence-corrected chi connectivity index (χ1v) is 9.65. The third kappa shape index (κ3) is 3.19. The lowest BCUT2D eigenvalue weighted by molar-refractivity contribution is 0.110. The normalized spacial score (nSPS) is 17.9. The van der Waals surface area contributed by atoms with Gasteiger partial charge in [-0.15, -0.1) is 0 Å². The second-order valence-electron chi connectivity index (χ2n) is 6.98. The summed E-state index contributed by atoms with van der Waals surface area (Å²) in [7, 11) is 0. The predicted molar refractivity (Wildman–Crippen MR) is 109 cm³/mol.